The SMILES string of the molecule is c1cnc(N2CCN([C@@H]3CCOC3)CC2)nc1. The van der Waals surface area contributed by atoms with Crippen molar-refractivity contribution in [2.75, 3.05) is 44.3 Å². The van der Waals surface area contributed by atoms with Crippen molar-refractivity contribution < 1.29 is 4.74 Å². The maximum absolute atomic E-state index is 5.44. The van der Waals surface area contributed by atoms with Gasteiger partial charge in [0.05, 0.1) is 6.61 Å². The van der Waals surface area contributed by atoms with Crippen LogP contribution in [0.15, 0.2) is 18.5 Å². The number of nitrogens with zero attached hydrogens (tertiary/aromatic N) is 4. The number of hydrogen-bond acceptors (Lipinski definition) is 5. The predicted molar refractivity (Wildman–Crippen MR) is 65.0 cm³/mol. The summed E-state index contributed by atoms with van der Waals surface area (Å²) >= 11 is 0. The number of hydrogen-bond donors (Lipinski definition) is 0. The van der Waals surface area contributed by atoms with E-state index in [2.05, 4.69) is 19.8 Å². The quantitative estimate of drug-likeness (QED) is 0.740. The minimum atomic E-state index is 0.633. The van der Waals surface area contributed by atoms with Gasteiger partial charge in [0.1, 0.15) is 0 Å². The molecule has 1 aromatic heterocycles. The average Bonchev–Trinajstić information content (AvgIpc) is 2.94. The molecule has 92 valence electrons. The zero-order chi connectivity index (χ0) is 11.5. The van der Waals surface area contributed by atoms with Gasteiger partial charge in [-0.15, -0.1) is 0 Å². The fourth-order valence-corrected chi connectivity index (χ4v) is 2.55. The van der Waals surface area contributed by atoms with Crippen molar-refractivity contribution in [1.29, 1.82) is 0 Å². The summed E-state index contributed by atoms with van der Waals surface area (Å²) in [6.45, 7) is 6.04. The number of rotatable bonds is 2. The maximum Gasteiger partial charge on any atom is 0.225 e. The first-order valence-electron chi connectivity index (χ1n) is 6.27. The minimum Gasteiger partial charge on any atom is -0.380 e. The van der Waals surface area contributed by atoms with Gasteiger partial charge in [0.2, 0.25) is 5.95 Å². The maximum atomic E-state index is 5.44. The lowest BCUT2D eigenvalue weighted by atomic mass is 10.2. The van der Waals surface area contributed by atoms with Crippen LogP contribution in [0.25, 0.3) is 0 Å². The Morgan fingerprint density at radius 2 is 1.88 bits per heavy atom. The summed E-state index contributed by atoms with van der Waals surface area (Å²) in [7, 11) is 0. The molecule has 2 aliphatic heterocycles. The fourth-order valence-electron chi connectivity index (χ4n) is 2.55. The lowest BCUT2D eigenvalue weighted by Crippen LogP contribution is -2.51. The Labute approximate surface area is 101 Å². The Kier molecular flexibility index (Phi) is 3.20. The van der Waals surface area contributed by atoms with E-state index in [1.165, 1.54) is 6.42 Å². The van der Waals surface area contributed by atoms with Gasteiger partial charge >= 0.3 is 0 Å². The van der Waals surface area contributed by atoms with Crippen LogP contribution < -0.4 is 4.90 Å². The topological polar surface area (TPSA) is 41.5 Å². The molecule has 2 saturated heterocycles. The molecule has 2 fully saturated rings. The van der Waals surface area contributed by atoms with Crippen molar-refractivity contribution in [3.05, 3.63) is 18.5 Å². The van der Waals surface area contributed by atoms with Crippen LogP contribution in [-0.2, 0) is 4.74 Å². The molecule has 0 radical (unpaired) electrons. The summed E-state index contributed by atoms with van der Waals surface area (Å²) in [4.78, 5) is 13.4. The highest BCUT2D eigenvalue weighted by atomic mass is 16.5. The van der Waals surface area contributed by atoms with E-state index in [-0.39, 0.29) is 0 Å². The van der Waals surface area contributed by atoms with Gasteiger partial charge in [-0.1, -0.05) is 0 Å². The van der Waals surface area contributed by atoms with E-state index in [1.54, 1.807) is 12.4 Å². The van der Waals surface area contributed by atoms with Crippen LogP contribution in [0, 0.1) is 0 Å². The molecule has 2 aliphatic rings. The molecule has 0 unspecified atom stereocenters. The molecule has 0 amide bonds. The summed E-state index contributed by atoms with van der Waals surface area (Å²) in [6.07, 6.45) is 4.79. The first-order valence-corrected chi connectivity index (χ1v) is 6.27. The lowest BCUT2D eigenvalue weighted by molar-refractivity contribution is 0.138. The van der Waals surface area contributed by atoms with Crippen LogP contribution in [0.4, 0.5) is 5.95 Å². The third kappa shape index (κ3) is 2.40. The van der Waals surface area contributed by atoms with Crippen molar-refractivity contribution in [2.24, 2.45) is 0 Å². The summed E-state index contributed by atoms with van der Waals surface area (Å²) in [6, 6.07) is 2.49. The fraction of sp³-hybridized carbons (Fsp3) is 0.667. The van der Waals surface area contributed by atoms with Gasteiger partial charge in [-0.05, 0) is 12.5 Å². The highest BCUT2D eigenvalue weighted by molar-refractivity contribution is 5.29. The third-order valence-corrected chi connectivity index (χ3v) is 3.57. The molecule has 1 atom stereocenters. The van der Waals surface area contributed by atoms with Gasteiger partial charge in [-0.3, -0.25) is 4.90 Å². The van der Waals surface area contributed by atoms with E-state index in [0.717, 1.165) is 45.3 Å². The van der Waals surface area contributed by atoms with E-state index in [9.17, 15) is 0 Å². The second kappa shape index (κ2) is 4.98. The summed E-state index contributed by atoms with van der Waals surface area (Å²) in [5, 5.41) is 0. The zero-order valence-corrected chi connectivity index (χ0v) is 9.96. The van der Waals surface area contributed by atoms with Crippen molar-refractivity contribution in [3.8, 4) is 0 Å². The Balaban J connectivity index is 1.57. The number of ether oxygens (including phenoxy) is 1. The van der Waals surface area contributed by atoms with Crippen LogP contribution in [-0.4, -0.2) is 60.3 Å². The second-order valence-corrected chi connectivity index (χ2v) is 4.59. The van der Waals surface area contributed by atoms with E-state index >= 15 is 0 Å². The Bertz CT molecular complexity index is 345. The zero-order valence-electron chi connectivity index (χ0n) is 9.96. The normalized spacial score (nSPS) is 26.4. The van der Waals surface area contributed by atoms with Crippen molar-refractivity contribution in [2.45, 2.75) is 12.5 Å². The molecule has 0 saturated carbocycles. The molecule has 0 aliphatic carbocycles. The molecule has 0 N–H and O–H groups in total. The van der Waals surface area contributed by atoms with E-state index in [0.29, 0.717) is 6.04 Å². The highest BCUT2D eigenvalue weighted by Gasteiger charge is 2.27. The van der Waals surface area contributed by atoms with Gasteiger partial charge in [0.15, 0.2) is 0 Å². The van der Waals surface area contributed by atoms with Crippen LogP contribution in [0.5, 0.6) is 0 Å². The van der Waals surface area contributed by atoms with Gasteiger partial charge < -0.3 is 9.64 Å². The molecular weight excluding hydrogens is 216 g/mol. The number of anilines is 1. The molecule has 0 bridgehead atoms. The summed E-state index contributed by atoms with van der Waals surface area (Å²) in [5.74, 6) is 0.856. The smallest absolute Gasteiger partial charge is 0.225 e. The number of piperazine rings is 1. The highest BCUT2D eigenvalue weighted by Crippen LogP contribution is 2.16. The van der Waals surface area contributed by atoms with Gasteiger partial charge in [-0.25, -0.2) is 9.97 Å². The summed E-state index contributed by atoms with van der Waals surface area (Å²) in [5.41, 5.74) is 0. The second-order valence-electron chi connectivity index (χ2n) is 4.59. The Morgan fingerprint density at radius 3 is 2.53 bits per heavy atom. The summed E-state index contributed by atoms with van der Waals surface area (Å²) < 4.78 is 5.44. The van der Waals surface area contributed by atoms with Crippen molar-refractivity contribution in [3.63, 3.8) is 0 Å². The van der Waals surface area contributed by atoms with Crippen LogP contribution >= 0.6 is 0 Å². The number of aromatic nitrogens is 2. The Morgan fingerprint density at radius 1 is 1.12 bits per heavy atom. The first-order chi connectivity index (χ1) is 8.43. The van der Waals surface area contributed by atoms with E-state index in [1.807, 2.05) is 6.07 Å². The third-order valence-electron chi connectivity index (χ3n) is 3.57. The van der Waals surface area contributed by atoms with Crippen LogP contribution in [0.3, 0.4) is 0 Å². The first kappa shape index (κ1) is 10.9. The van der Waals surface area contributed by atoms with Crippen LogP contribution in [0.1, 0.15) is 6.42 Å². The van der Waals surface area contributed by atoms with Gasteiger partial charge in [0.25, 0.3) is 0 Å². The van der Waals surface area contributed by atoms with Gasteiger partial charge in [0, 0.05) is 51.2 Å². The van der Waals surface area contributed by atoms with E-state index in [4.69, 9.17) is 4.74 Å². The van der Waals surface area contributed by atoms with Gasteiger partial charge in [-0.2, -0.15) is 0 Å². The lowest BCUT2D eigenvalue weighted by Gasteiger charge is -2.37. The predicted octanol–water partition coefficient (Wildman–Crippen LogP) is 0.387. The molecule has 0 spiro atoms. The van der Waals surface area contributed by atoms with E-state index < -0.39 is 0 Å². The monoisotopic (exact) mass is 234 g/mol. The largest absolute Gasteiger partial charge is 0.380 e. The van der Waals surface area contributed by atoms with Crippen LogP contribution in [0.2, 0.25) is 0 Å². The molecule has 3 heterocycles. The molecule has 1 aromatic rings. The van der Waals surface area contributed by atoms with Crippen molar-refractivity contribution in [1.82, 2.24) is 14.9 Å². The molecule has 5 heteroatoms. The van der Waals surface area contributed by atoms with Crippen molar-refractivity contribution >= 4 is 5.95 Å². The Hall–Kier alpha value is -1.20. The molecule has 0 aromatic carbocycles. The molecule has 3 rings (SSSR count). The standard InChI is InChI=1S/C12H18N4O/c1-3-13-12(14-4-1)16-7-5-15(6-8-16)11-2-9-17-10-11/h1,3-4,11H,2,5-10H2/t11-/m1/s1. The average molecular weight is 234 g/mol. The molecule has 5 nitrogen and oxygen atoms in total. The molecular formula is C12H18N4O. The minimum absolute atomic E-state index is 0.633. The molecule has 17 heavy (non-hydrogen) atoms.